The number of hydrogen-bond acceptors (Lipinski definition) is 6. The van der Waals surface area contributed by atoms with Gasteiger partial charge in [0.15, 0.2) is 0 Å². The predicted octanol–water partition coefficient (Wildman–Crippen LogP) is 0.519. The molecule has 3 N–H and O–H groups in total. The predicted molar refractivity (Wildman–Crippen MR) is 110 cm³/mol. The summed E-state index contributed by atoms with van der Waals surface area (Å²) >= 11 is 0. The maximum atomic E-state index is 12.8. The molecule has 2 aromatic heterocycles. The van der Waals surface area contributed by atoms with Gasteiger partial charge in [-0.25, -0.2) is 9.59 Å². The molecular weight excluding hydrogens is 364 g/mol. The standard InChI is InChI=1S/C18H28N6O4/c1-5-9-23-15(14(19)16(26)24(10-6-2)18(23)28)20-12-11-13(25)22(8-4)17(27)21(12)7-3/h11,20H,5-10,19H2,1-4H3. The number of rotatable bonds is 8. The van der Waals surface area contributed by atoms with Crippen molar-refractivity contribution in [1.29, 1.82) is 0 Å². The van der Waals surface area contributed by atoms with Crippen molar-refractivity contribution in [3.63, 3.8) is 0 Å². The van der Waals surface area contributed by atoms with E-state index in [2.05, 4.69) is 5.32 Å². The second-order valence-electron chi connectivity index (χ2n) is 6.42. The molecule has 2 aromatic rings. The number of nitrogens with two attached hydrogens (primary N) is 1. The number of aromatic nitrogens is 4. The highest BCUT2D eigenvalue weighted by Crippen LogP contribution is 2.18. The molecule has 2 rings (SSSR count). The summed E-state index contributed by atoms with van der Waals surface area (Å²) in [6, 6.07) is 1.27. The van der Waals surface area contributed by atoms with Gasteiger partial charge in [0.1, 0.15) is 17.3 Å². The molecule has 0 unspecified atom stereocenters. The van der Waals surface area contributed by atoms with Gasteiger partial charge in [-0.05, 0) is 26.7 Å². The Morgan fingerprint density at radius 2 is 1.36 bits per heavy atom. The van der Waals surface area contributed by atoms with Gasteiger partial charge >= 0.3 is 11.4 Å². The van der Waals surface area contributed by atoms with E-state index in [1.165, 1.54) is 15.2 Å². The molecule has 0 saturated carbocycles. The lowest BCUT2D eigenvalue weighted by Crippen LogP contribution is -2.43. The van der Waals surface area contributed by atoms with Crippen LogP contribution >= 0.6 is 0 Å². The van der Waals surface area contributed by atoms with Gasteiger partial charge in [-0.3, -0.25) is 27.9 Å². The lowest BCUT2D eigenvalue weighted by atomic mass is 10.3. The van der Waals surface area contributed by atoms with E-state index in [1.54, 1.807) is 13.8 Å². The van der Waals surface area contributed by atoms with E-state index >= 15 is 0 Å². The summed E-state index contributed by atoms with van der Waals surface area (Å²) in [5.74, 6) is 0.283. The third-order valence-electron chi connectivity index (χ3n) is 4.51. The molecule has 28 heavy (non-hydrogen) atoms. The fraction of sp³-hybridized carbons (Fsp3) is 0.556. The summed E-state index contributed by atoms with van der Waals surface area (Å²) in [5, 5.41) is 2.90. The molecule has 10 nitrogen and oxygen atoms in total. The van der Waals surface area contributed by atoms with Crippen molar-refractivity contribution in [1.82, 2.24) is 18.3 Å². The second-order valence-corrected chi connectivity index (χ2v) is 6.42. The summed E-state index contributed by atoms with van der Waals surface area (Å²) in [6.45, 7) is 8.36. The van der Waals surface area contributed by atoms with Crippen molar-refractivity contribution in [3.8, 4) is 0 Å². The molecule has 2 heterocycles. The first-order valence-corrected chi connectivity index (χ1v) is 9.56. The molecule has 0 saturated heterocycles. The van der Waals surface area contributed by atoms with Gasteiger partial charge in [-0.15, -0.1) is 0 Å². The zero-order valence-corrected chi connectivity index (χ0v) is 16.8. The van der Waals surface area contributed by atoms with Crippen LogP contribution in [-0.2, 0) is 26.2 Å². The first kappa shape index (κ1) is 21.3. The molecule has 0 aliphatic carbocycles. The number of nitrogens with one attached hydrogen (secondary N) is 1. The van der Waals surface area contributed by atoms with Crippen molar-refractivity contribution in [3.05, 3.63) is 47.7 Å². The molecule has 0 aromatic carbocycles. The average molecular weight is 392 g/mol. The first-order valence-electron chi connectivity index (χ1n) is 9.56. The molecule has 0 aliphatic rings. The van der Waals surface area contributed by atoms with Crippen molar-refractivity contribution >= 4 is 17.3 Å². The van der Waals surface area contributed by atoms with E-state index in [4.69, 9.17) is 5.73 Å². The Hall–Kier alpha value is -3.04. The number of nitrogens with zero attached hydrogens (tertiary/aromatic N) is 4. The Balaban J connectivity index is 2.77. The third kappa shape index (κ3) is 3.67. The van der Waals surface area contributed by atoms with E-state index in [-0.39, 0.29) is 30.4 Å². The Morgan fingerprint density at radius 3 is 1.89 bits per heavy atom. The van der Waals surface area contributed by atoms with Crippen LogP contribution in [0.4, 0.5) is 17.3 Å². The molecule has 0 radical (unpaired) electrons. The van der Waals surface area contributed by atoms with Crippen LogP contribution in [0.15, 0.2) is 25.2 Å². The van der Waals surface area contributed by atoms with Crippen molar-refractivity contribution in [2.45, 2.75) is 66.7 Å². The Labute approximate surface area is 161 Å². The van der Waals surface area contributed by atoms with E-state index < -0.39 is 22.5 Å². The second kappa shape index (κ2) is 8.77. The maximum Gasteiger partial charge on any atom is 0.332 e. The van der Waals surface area contributed by atoms with Crippen LogP contribution in [-0.4, -0.2) is 18.3 Å². The maximum absolute atomic E-state index is 12.8. The zero-order chi connectivity index (χ0) is 21.0. The van der Waals surface area contributed by atoms with Crippen LogP contribution in [0.1, 0.15) is 40.5 Å². The monoisotopic (exact) mass is 392 g/mol. The van der Waals surface area contributed by atoms with Gasteiger partial charge in [0.25, 0.3) is 11.1 Å². The lowest BCUT2D eigenvalue weighted by molar-refractivity contribution is 0.546. The smallest absolute Gasteiger partial charge is 0.332 e. The Morgan fingerprint density at radius 1 is 0.821 bits per heavy atom. The van der Waals surface area contributed by atoms with Gasteiger partial charge in [0.2, 0.25) is 0 Å². The molecule has 0 amide bonds. The fourth-order valence-corrected chi connectivity index (χ4v) is 3.14. The molecular formula is C18H28N6O4. The lowest BCUT2D eigenvalue weighted by Gasteiger charge is -2.20. The van der Waals surface area contributed by atoms with Crippen LogP contribution in [0.25, 0.3) is 0 Å². The molecule has 154 valence electrons. The molecule has 0 aliphatic heterocycles. The third-order valence-corrected chi connectivity index (χ3v) is 4.51. The largest absolute Gasteiger partial charge is 0.391 e. The van der Waals surface area contributed by atoms with Crippen molar-refractivity contribution in [2.75, 3.05) is 11.1 Å². The molecule has 0 spiro atoms. The zero-order valence-electron chi connectivity index (χ0n) is 16.8. The summed E-state index contributed by atoms with van der Waals surface area (Å²) < 4.78 is 4.96. The molecule has 0 fully saturated rings. The fourth-order valence-electron chi connectivity index (χ4n) is 3.14. The summed E-state index contributed by atoms with van der Waals surface area (Å²) in [7, 11) is 0. The summed E-state index contributed by atoms with van der Waals surface area (Å²) in [4.78, 5) is 50.2. The first-order chi connectivity index (χ1) is 13.3. The van der Waals surface area contributed by atoms with E-state index in [0.717, 1.165) is 9.13 Å². The van der Waals surface area contributed by atoms with E-state index in [1.807, 2.05) is 13.8 Å². The topological polar surface area (TPSA) is 126 Å². The highest BCUT2D eigenvalue weighted by atomic mass is 16.2. The van der Waals surface area contributed by atoms with Crippen LogP contribution in [0, 0.1) is 0 Å². The van der Waals surface area contributed by atoms with Crippen LogP contribution in [0.2, 0.25) is 0 Å². The van der Waals surface area contributed by atoms with Gasteiger partial charge in [-0.2, -0.15) is 0 Å². The van der Waals surface area contributed by atoms with Gasteiger partial charge in [0.05, 0.1) is 0 Å². The van der Waals surface area contributed by atoms with Crippen LogP contribution < -0.4 is 33.5 Å². The van der Waals surface area contributed by atoms with Gasteiger partial charge < -0.3 is 11.1 Å². The molecule has 0 atom stereocenters. The minimum Gasteiger partial charge on any atom is -0.391 e. The average Bonchev–Trinajstić information content (AvgIpc) is 2.66. The minimum atomic E-state index is -0.589. The Bertz CT molecular complexity index is 1090. The minimum absolute atomic E-state index is 0.0967. The summed E-state index contributed by atoms with van der Waals surface area (Å²) in [5.41, 5.74) is 3.93. The highest BCUT2D eigenvalue weighted by molar-refractivity contribution is 5.66. The number of nitrogen functional groups attached to an aromatic ring is 1. The molecule has 10 heteroatoms. The van der Waals surface area contributed by atoms with Crippen LogP contribution in [0.5, 0.6) is 0 Å². The van der Waals surface area contributed by atoms with Gasteiger partial charge in [-0.1, -0.05) is 13.8 Å². The van der Waals surface area contributed by atoms with Crippen LogP contribution in [0.3, 0.4) is 0 Å². The SMILES string of the molecule is CCCn1c(Nc2cc(=O)n(CC)c(=O)n2CC)c(N)c(=O)n(CCC)c1=O. The molecule has 0 bridgehead atoms. The number of anilines is 3. The quantitative estimate of drug-likeness (QED) is 0.674. The normalized spacial score (nSPS) is 11.0. The van der Waals surface area contributed by atoms with Crippen molar-refractivity contribution in [2.24, 2.45) is 0 Å². The van der Waals surface area contributed by atoms with E-state index in [9.17, 15) is 19.2 Å². The van der Waals surface area contributed by atoms with E-state index in [0.29, 0.717) is 25.9 Å². The summed E-state index contributed by atoms with van der Waals surface area (Å²) in [6.07, 6.45) is 1.24. The highest BCUT2D eigenvalue weighted by Gasteiger charge is 2.19. The number of hydrogen-bond donors (Lipinski definition) is 2. The van der Waals surface area contributed by atoms with Crippen molar-refractivity contribution < 1.29 is 0 Å². The Kier molecular flexibility index (Phi) is 6.66. The van der Waals surface area contributed by atoms with Gasteiger partial charge in [0, 0.05) is 32.2 Å².